The number of nitrogen functional groups attached to an aromatic ring is 1. The van der Waals surface area contributed by atoms with Crippen molar-refractivity contribution in [3.05, 3.63) is 42.7 Å². The predicted molar refractivity (Wildman–Crippen MR) is 73.7 cm³/mol. The van der Waals surface area contributed by atoms with Crippen LogP contribution in [0.25, 0.3) is 10.9 Å². The first-order valence-electron chi connectivity index (χ1n) is 6.07. The minimum absolute atomic E-state index is 0.0599. The van der Waals surface area contributed by atoms with Crippen LogP contribution in [-0.4, -0.2) is 16.6 Å². The zero-order valence-electron chi connectivity index (χ0n) is 10.7. The number of halogens is 2. The van der Waals surface area contributed by atoms with Crippen LogP contribution >= 0.6 is 0 Å². The smallest absolute Gasteiger partial charge is 0.387 e. The number of fused-ring (bicyclic) bond motifs is 1. The zero-order chi connectivity index (χ0) is 14.8. The average molecular weight is 291 g/mol. The number of pyridine rings is 1. The lowest BCUT2D eigenvalue weighted by atomic mass is 10.2. The van der Waals surface area contributed by atoms with Gasteiger partial charge in [0.2, 0.25) is 0 Å². The van der Waals surface area contributed by atoms with E-state index in [-0.39, 0.29) is 17.3 Å². The summed E-state index contributed by atoms with van der Waals surface area (Å²) < 4.78 is 35.1. The number of nitrogens with two attached hydrogens (primary N) is 1. The van der Waals surface area contributed by atoms with E-state index >= 15 is 0 Å². The molecular weight excluding hydrogens is 280 g/mol. The van der Waals surface area contributed by atoms with Gasteiger partial charge in [-0.1, -0.05) is 0 Å². The van der Waals surface area contributed by atoms with E-state index in [9.17, 15) is 8.78 Å². The summed E-state index contributed by atoms with van der Waals surface area (Å²) in [6.07, 6.45) is 3.16. The largest absolute Gasteiger partial charge is 0.453 e. The second-order valence-corrected chi connectivity index (χ2v) is 4.26. The molecule has 0 radical (unpaired) electrons. The van der Waals surface area contributed by atoms with Crippen molar-refractivity contribution in [2.45, 2.75) is 6.61 Å². The van der Waals surface area contributed by atoms with Crippen LogP contribution in [0, 0.1) is 0 Å². The van der Waals surface area contributed by atoms with Gasteiger partial charge in [-0.25, -0.2) is 4.98 Å². The molecule has 3 aromatic rings. The van der Waals surface area contributed by atoms with Crippen LogP contribution in [0.5, 0.6) is 17.2 Å². The molecule has 0 bridgehead atoms. The lowest BCUT2D eigenvalue weighted by Crippen LogP contribution is -2.03. The third-order valence-corrected chi connectivity index (χ3v) is 2.81. The number of aromatic nitrogens is 2. The van der Waals surface area contributed by atoms with Crippen molar-refractivity contribution in [2.75, 3.05) is 5.73 Å². The van der Waals surface area contributed by atoms with Gasteiger partial charge in [0, 0.05) is 35.4 Å². The van der Waals surface area contributed by atoms with E-state index in [0.717, 1.165) is 5.39 Å². The highest BCUT2D eigenvalue weighted by Gasteiger charge is 2.14. The number of anilines is 1. The van der Waals surface area contributed by atoms with Gasteiger partial charge in [-0.15, -0.1) is 0 Å². The van der Waals surface area contributed by atoms with Crippen LogP contribution < -0.4 is 15.2 Å². The fourth-order valence-corrected chi connectivity index (χ4v) is 1.95. The molecule has 0 spiro atoms. The molecule has 0 aliphatic carbocycles. The molecule has 0 saturated heterocycles. The molecule has 21 heavy (non-hydrogen) atoms. The van der Waals surface area contributed by atoms with Crippen molar-refractivity contribution in [3.63, 3.8) is 0 Å². The number of benzene rings is 1. The van der Waals surface area contributed by atoms with E-state index in [1.54, 1.807) is 24.4 Å². The van der Waals surface area contributed by atoms with Crippen molar-refractivity contribution >= 4 is 16.7 Å². The normalized spacial score (nSPS) is 11.0. The van der Waals surface area contributed by atoms with Crippen molar-refractivity contribution in [1.29, 1.82) is 0 Å². The fourth-order valence-electron chi connectivity index (χ4n) is 1.95. The Bertz CT molecular complexity index is 774. The second-order valence-electron chi connectivity index (χ2n) is 4.26. The molecule has 3 N–H and O–H groups in total. The van der Waals surface area contributed by atoms with E-state index in [4.69, 9.17) is 10.5 Å². The first-order valence-corrected chi connectivity index (χ1v) is 6.07. The highest BCUT2D eigenvalue weighted by atomic mass is 19.3. The Morgan fingerprint density at radius 1 is 1.14 bits per heavy atom. The van der Waals surface area contributed by atoms with E-state index in [1.807, 2.05) is 0 Å². The number of hydrogen-bond acceptors (Lipinski definition) is 4. The van der Waals surface area contributed by atoms with Gasteiger partial charge in [0.25, 0.3) is 0 Å². The summed E-state index contributed by atoms with van der Waals surface area (Å²) >= 11 is 0. The van der Waals surface area contributed by atoms with E-state index in [1.165, 1.54) is 18.3 Å². The maximum absolute atomic E-state index is 12.5. The number of rotatable bonds is 4. The molecule has 2 heterocycles. The molecular formula is C14H11F2N3O2. The summed E-state index contributed by atoms with van der Waals surface area (Å²) in [6, 6.07) is 7.94. The molecule has 108 valence electrons. The highest BCUT2D eigenvalue weighted by Crippen LogP contribution is 2.36. The van der Waals surface area contributed by atoms with Gasteiger partial charge in [0.05, 0.1) is 0 Å². The quantitative estimate of drug-likeness (QED) is 0.771. The molecule has 3 rings (SSSR count). The van der Waals surface area contributed by atoms with Crippen LogP contribution in [0.3, 0.4) is 0 Å². The fraction of sp³-hybridized carbons (Fsp3) is 0.0714. The SMILES string of the molecule is Nc1cc(Oc2cc3cc[nH]c3cc2OC(F)F)ccn1. The summed E-state index contributed by atoms with van der Waals surface area (Å²) in [5.74, 6) is 0.770. The van der Waals surface area contributed by atoms with Crippen LogP contribution in [0.15, 0.2) is 42.7 Å². The maximum atomic E-state index is 12.5. The van der Waals surface area contributed by atoms with Crippen molar-refractivity contribution < 1.29 is 18.3 Å². The minimum Gasteiger partial charge on any atom is -0.453 e. The van der Waals surface area contributed by atoms with E-state index in [0.29, 0.717) is 11.3 Å². The third-order valence-electron chi connectivity index (χ3n) is 2.81. The first-order chi connectivity index (χ1) is 10.1. The summed E-state index contributed by atoms with van der Waals surface area (Å²) in [7, 11) is 0. The second kappa shape index (κ2) is 5.28. The molecule has 0 aliphatic heterocycles. The van der Waals surface area contributed by atoms with Crippen molar-refractivity contribution in [1.82, 2.24) is 9.97 Å². The summed E-state index contributed by atoms with van der Waals surface area (Å²) in [5.41, 5.74) is 6.23. The van der Waals surface area contributed by atoms with Crippen LogP contribution in [-0.2, 0) is 0 Å². The van der Waals surface area contributed by atoms with Crippen molar-refractivity contribution in [2.24, 2.45) is 0 Å². The zero-order valence-corrected chi connectivity index (χ0v) is 10.7. The van der Waals surface area contributed by atoms with Gasteiger partial charge in [0.15, 0.2) is 11.5 Å². The number of H-pyrrole nitrogens is 1. The standard InChI is InChI=1S/C14H11F2N3O2/c15-14(16)21-12-7-10-8(1-3-18-10)5-11(12)20-9-2-4-19-13(17)6-9/h1-7,14,18H,(H2,17,19). The van der Waals surface area contributed by atoms with Crippen LogP contribution in [0.1, 0.15) is 0 Å². The first kappa shape index (κ1) is 13.2. The van der Waals surface area contributed by atoms with Gasteiger partial charge >= 0.3 is 6.61 Å². The Hall–Kier alpha value is -2.83. The third kappa shape index (κ3) is 2.86. The van der Waals surface area contributed by atoms with Crippen LogP contribution in [0.4, 0.5) is 14.6 Å². The molecule has 2 aromatic heterocycles. The van der Waals surface area contributed by atoms with Crippen molar-refractivity contribution in [3.8, 4) is 17.2 Å². The maximum Gasteiger partial charge on any atom is 0.387 e. The summed E-state index contributed by atoms with van der Waals surface area (Å²) in [4.78, 5) is 6.76. The van der Waals surface area contributed by atoms with Gasteiger partial charge in [-0.2, -0.15) is 8.78 Å². The molecule has 5 nitrogen and oxygen atoms in total. The predicted octanol–water partition coefficient (Wildman–Crippen LogP) is 3.54. The Morgan fingerprint density at radius 3 is 2.76 bits per heavy atom. The van der Waals surface area contributed by atoms with Gasteiger partial charge in [-0.3, -0.25) is 0 Å². The number of nitrogens with one attached hydrogen (secondary N) is 1. The highest BCUT2D eigenvalue weighted by molar-refractivity contribution is 5.83. The van der Waals surface area contributed by atoms with Gasteiger partial charge in [-0.05, 0) is 18.2 Å². The van der Waals surface area contributed by atoms with Crippen LogP contribution in [0.2, 0.25) is 0 Å². The van der Waals surface area contributed by atoms with E-state index in [2.05, 4.69) is 14.7 Å². The molecule has 0 unspecified atom stereocenters. The Balaban J connectivity index is 2.02. The van der Waals surface area contributed by atoms with E-state index < -0.39 is 6.61 Å². The molecule has 0 amide bonds. The monoisotopic (exact) mass is 291 g/mol. The Morgan fingerprint density at radius 2 is 2.00 bits per heavy atom. The summed E-state index contributed by atoms with van der Waals surface area (Å²) in [6.45, 7) is -2.94. The molecule has 0 saturated carbocycles. The number of nitrogens with zero attached hydrogens (tertiary/aromatic N) is 1. The van der Waals surface area contributed by atoms with Gasteiger partial charge in [0.1, 0.15) is 11.6 Å². The molecule has 7 heteroatoms. The molecule has 0 fully saturated rings. The average Bonchev–Trinajstić information content (AvgIpc) is 2.85. The molecule has 0 aliphatic rings. The number of alkyl halides is 2. The summed E-state index contributed by atoms with van der Waals surface area (Å²) in [5, 5.41) is 0.814. The Kier molecular flexibility index (Phi) is 3.31. The molecule has 1 aromatic carbocycles. The number of hydrogen-bond donors (Lipinski definition) is 2. The number of aromatic amines is 1. The topological polar surface area (TPSA) is 73.2 Å². The minimum atomic E-state index is -2.94. The van der Waals surface area contributed by atoms with Gasteiger partial charge < -0.3 is 20.2 Å². The lowest BCUT2D eigenvalue weighted by Gasteiger charge is -2.12. The Labute approximate surface area is 118 Å². The molecule has 0 atom stereocenters. The number of ether oxygens (including phenoxy) is 2. The lowest BCUT2D eigenvalue weighted by molar-refractivity contribution is -0.0509.